The maximum Gasteiger partial charge on any atom is 0.237 e. The second-order valence-electron chi connectivity index (χ2n) is 5.15. The van der Waals surface area contributed by atoms with Crippen LogP contribution >= 0.6 is 0 Å². The van der Waals surface area contributed by atoms with Gasteiger partial charge in [0.1, 0.15) is 0 Å². The topological polar surface area (TPSA) is 37.4 Å². The molecule has 0 spiro atoms. The zero-order valence-electron chi connectivity index (χ0n) is 10.9. The quantitative estimate of drug-likeness (QED) is 0.865. The van der Waals surface area contributed by atoms with Crippen molar-refractivity contribution in [2.24, 2.45) is 0 Å². The predicted molar refractivity (Wildman–Crippen MR) is 72.0 cm³/mol. The van der Waals surface area contributed by atoms with Gasteiger partial charge in [-0.15, -0.1) is 0 Å². The van der Waals surface area contributed by atoms with Crippen LogP contribution in [0.3, 0.4) is 0 Å². The fraction of sp³-hybridized carbons (Fsp3) is 0.643. The minimum atomic E-state index is 0.536. The summed E-state index contributed by atoms with van der Waals surface area (Å²) in [6.07, 6.45) is 5.78. The maximum absolute atomic E-state index is 5.55. The molecule has 1 N–H and O–H groups in total. The molecule has 1 aromatic rings. The van der Waals surface area contributed by atoms with Gasteiger partial charge in [0, 0.05) is 31.4 Å². The summed E-state index contributed by atoms with van der Waals surface area (Å²) in [4.78, 5) is 6.88. The highest BCUT2D eigenvalue weighted by molar-refractivity contribution is 5.52. The van der Waals surface area contributed by atoms with E-state index in [1.54, 1.807) is 6.20 Å². The summed E-state index contributed by atoms with van der Waals surface area (Å²) in [5.41, 5.74) is 1.03. The van der Waals surface area contributed by atoms with Crippen LogP contribution in [0.15, 0.2) is 18.3 Å². The van der Waals surface area contributed by atoms with Crippen LogP contribution in [0.25, 0.3) is 0 Å². The van der Waals surface area contributed by atoms with Crippen LogP contribution in [0.2, 0.25) is 0 Å². The predicted octanol–water partition coefficient (Wildman–Crippen LogP) is 2.13. The lowest BCUT2D eigenvalue weighted by Gasteiger charge is -2.18. The van der Waals surface area contributed by atoms with Crippen LogP contribution in [0, 0.1) is 0 Å². The molecule has 0 bridgehead atoms. The molecule has 1 atom stereocenters. The Bertz CT molecular complexity index is 406. The third kappa shape index (κ3) is 2.58. The minimum absolute atomic E-state index is 0.536. The van der Waals surface area contributed by atoms with E-state index in [1.165, 1.54) is 25.8 Å². The van der Waals surface area contributed by atoms with E-state index < -0.39 is 0 Å². The molecule has 1 saturated heterocycles. The van der Waals surface area contributed by atoms with Gasteiger partial charge in [0.15, 0.2) is 0 Å². The number of ether oxygens (including phenoxy) is 1. The lowest BCUT2D eigenvalue weighted by Crippen LogP contribution is -2.27. The van der Waals surface area contributed by atoms with Crippen LogP contribution < -0.4 is 10.1 Å². The Kier molecular flexibility index (Phi) is 3.37. The minimum Gasteiger partial charge on any atom is -0.476 e. The second-order valence-corrected chi connectivity index (χ2v) is 5.15. The molecule has 0 radical (unpaired) electrons. The summed E-state index contributed by atoms with van der Waals surface area (Å²) in [6.45, 7) is 5.03. The van der Waals surface area contributed by atoms with Crippen LogP contribution in [0.1, 0.15) is 26.2 Å². The van der Waals surface area contributed by atoms with Crippen molar-refractivity contribution in [3.63, 3.8) is 0 Å². The molecule has 4 nitrogen and oxygen atoms in total. The number of aromatic nitrogens is 1. The van der Waals surface area contributed by atoms with Gasteiger partial charge >= 0.3 is 0 Å². The average Bonchev–Trinajstić information content (AvgIpc) is 3.13. The van der Waals surface area contributed by atoms with Gasteiger partial charge in [0.05, 0.1) is 12.3 Å². The van der Waals surface area contributed by atoms with Gasteiger partial charge in [-0.05, 0) is 38.3 Å². The van der Waals surface area contributed by atoms with Crippen molar-refractivity contribution in [1.29, 1.82) is 0 Å². The number of hydrogen-bond donors (Lipinski definition) is 1. The zero-order chi connectivity index (χ0) is 12.4. The molecule has 1 aliphatic carbocycles. The SMILES string of the molecule is CCOc1ncccc1NC1CCN(C2CC2)C1. The van der Waals surface area contributed by atoms with Gasteiger partial charge in [-0.1, -0.05) is 0 Å². The van der Waals surface area contributed by atoms with Crippen molar-refractivity contribution in [1.82, 2.24) is 9.88 Å². The van der Waals surface area contributed by atoms with Crippen molar-refractivity contribution in [2.45, 2.75) is 38.3 Å². The number of nitrogens with zero attached hydrogens (tertiary/aromatic N) is 2. The molecule has 98 valence electrons. The first-order valence-electron chi connectivity index (χ1n) is 6.95. The third-order valence-electron chi connectivity index (χ3n) is 3.69. The molecule has 4 heteroatoms. The summed E-state index contributed by atoms with van der Waals surface area (Å²) < 4.78 is 5.55. The fourth-order valence-corrected chi connectivity index (χ4v) is 2.65. The van der Waals surface area contributed by atoms with Gasteiger partial charge in [-0.25, -0.2) is 4.98 Å². The molecule has 0 amide bonds. The number of anilines is 1. The molecule has 3 rings (SSSR count). The highest BCUT2D eigenvalue weighted by atomic mass is 16.5. The van der Waals surface area contributed by atoms with E-state index >= 15 is 0 Å². The van der Waals surface area contributed by atoms with Gasteiger partial charge in [0.2, 0.25) is 5.88 Å². The van der Waals surface area contributed by atoms with Crippen molar-refractivity contribution in [2.75, 3.05) is 25.0 Å². The summed E-state index contributed by atoms with van der Waals surface area (Å²) in [5, 5.41) is 3.58. The molecule has 1 unspecified atom stereocenters. The Morgan fingerprint density at radius 1 is 1.44 bits per heavy atom. The Morgan fingerprint density at radius 3 is 3.11 bits per heavy atom. The summed E-state index contributed by atoms with van der Waals surface area (Å²) in [6, 6.07) is 5.42. The molecule has 2 fully saturated rings. The number of nitrogens with one attached hydrogen (secondary N) is 1. The van der Waals surface area contributed by atoms with Crippen LogP contribution in [0.4, 0.5) is 5.69 Å². The highest BCUT2D eigenvalue weighted by Gasteiger charge is 2.34. The van der Waals surface area contributed by atoms with E-state index in [4.69, 9.17) is 4.74 Å². The summed E-state index contributed by atoms with van der Waals surface area (Å²) >= 11 is 0. The summed E-state index contributed by atoms with van der Waals surface area (Å²) in [7, 11) is 0. The Labute approximate surface area is 108 Å². The molecule has 0 aromatic carbocycles. The Hall–Kier alpha value is -1.29. The third-order valence-corrected chi connectivity index (χ3v) is 3.69. The fourth-order valence-electron chi connectivity index (χ4n) is 2.65. The van der Waals surface area contributed by atoms with Crippen molar-refractivity contribution >= 4 is 5.69 Å². The number of likely N-dealkylation sites (tertiary alicyclic amines) is 1. The van der Waals surface area contributed by atoms with E-state index in [9.17, 15) is 0 Å². The molecule has 1 saturated carbocycles. The Balaban J connectivity index is 1.62. The summed E-state index contributed by atoms with van der Waals surface area (Å²) in [5.74, 6) is 0.727. The van der Waals surface area contributed by atoms with Crippen molar-refractivity contribution in [3.8, 4) is 5.88 Å². The molecule has 1 aliphatic heterocycles. The van der Waals surface area contributed by atoms with Crippen LogP contribution in [-0.4, -0.2) is 41.7 Å². The smallest absolute Gasteiger partial charge is 0.237 e. The largest absolute Gasteiger partial charge is 0.476 e. The monoisotopic (exact) mass is 247 g/mol. The van der Waals surface area contributed by atoms with Crippen molar-refractivity contribution in [3.05, 3.63) is 18.3 Å². The standard InChI is InChI=1S/C14H21N3O/c1-2-18-14-13(4-3-8-15-14)16-11-7-9-17(10-11)12-5-6-12/h3-4,8,11-12,16H,2,5-7,9-10H2,1H3. The lowest BCUT2D eigenvalue weighted by atomic mass is 10.2. The van der Waals surface area contributed by atoms with Crippen LogP contribution in [-0.2, 0) is 0 Å². The van der Waals surface area contributed by atoms with E-state index in [-0.39, 0.29) is 0 Å². The number of hydrogen-bond acceptors (Lipinski definition) is 4. The maximum atomic E-state index is 5.55. The van der Waals surface area contributed by atoms with Gasteiger partial charge in [-0.3, -0.25) is 4.90 Å². The van der Waals surface area contributed by atoms with Crippen LogP contribution in [0.5, 0.6) is 5.88 Å². The van der Waals surface area contributed by atoms with E-state index in [1.807, 2.05) is 13.0 Å². The molecule has 1 aromatic heterocycles. The average molecular weight is 247 g/mol. The highest BCUT2D eigenvalue weighted by Crippen LogP contribution is 2.31. The van der Waals surface area contributed by atoms with E-state index in [0.717, 1.165) is 24.2 Å². The molecule has 18 heavy (non-hydrogen) atoms. The molecule has 2 aliphatic rings. The molecular formula is C14H21N3O. The first-order valence-corrected chi connectivity index (χ1v) is 6.95. The Morgan fingerprint density at radius 2 is 2.33 bits per heavy atom. The first-order chi connectivity index (χ1) is 8.86. The number of pyridine rings is 1. The van der Waals surface area contributed by atoms with E-state index in [0.29, 0.717) is 12.6 Å². The van der Waals surface area contributed by atoms with Gasteiger partial charge in [0.25, 0.3) is 0 Å². The van der Waals surface area contributed by atoms with Gasteiger partial charge in [-0.2, -0.15) is 0 Å². The normalized spacial score (nSPS) is 24.2. The lowest BCUT2D eigenvalue weighted by molar-refractivity contribution is 0.323. The second kappa shape index (κ2) is 5.14. The van der Waals surface area contributed by atoms with E-state index in [2.05, 4.69) is 21.3 Å². The first kappa shape index (κ1) is 11.8. The number of rotatable bonds is 5. The van der Waals surface area contributed by atoms with Crippen molar-refractivity contribution < 1.29 is 4.74 Å². The molecular weight excluding hydrogens is 226 g/mol. The zero-order valence-corrected chi connectivity index (χ0v) is 10.9. The molecule has 2 heterocycles. The van der Waals surface area contributed by atoms with Gasteiger partial charge < -0.3 is 10.1 Å².